The minimum Gasteiger partial charge on any atom is -0.350 e. The predicted molar refractivity (Wildman–Crippen MR) is 112 cm³/mol. The van der Waals surface area contributed by atoms with Gasteiger partial charge in [-0.2, -0.15) is 0 Å². The molecule has 4 heterocycles. The summed E-state index contributed by atoms with van der Waals surface area (Å²) in [5.41, 5.74) is 4.48. The summed E-state index contributed by atoms with van der Waals surface area (Å²) < 4.78 is 15.4. The van der Waals surface area contributed by atoms with Crippen LogP contribution >= 0.6 is 0 Å². The Kier molecular flexibility index (Phi) is 4.40. The number of halogens is 1. The van der Waals surface area contributed by atoms with Gasteiger partial charge in [-0.25, -0.2) is 18.9 Å². The summed E-state index contributed by atoms with van der Waals surface area (Å²) in [6.07, 6.45) is 3.61. The van der Waals surface area contributed by atoms with Crippen LogP contribution in [0.4, 0.5) is 16.0 Å². The van der Waals surface area contributed by atoms with Crippen molar-refractivity contribution in [3.63, 3.8) is 0 Å². The number of hydrogen-bond donors (Lipinski definition) is 1. The fourth-order valence-corrected chi connectivity index (χ4v) is 3.68. The van der Waals surface area contributed by atoms with Crippen molar-refractivity contribution >= 4 is 22.9 Å². The van der Waals surface area contributed by atoms with Crippen LogP contribution in [0.2, 0.25) is 0 Å². The fraction of sp³-hybridized carbons (Fsp3) is 0.429. The van der Waals surface area contributed by atoms with E-state index in [9.17, 15) is 4.39 Å². The quantitative estimate of drug-likeness (QED) is 0.671. The predicted octanol–water partition coefficient (Wildman–Crippen LogP) is 5.04. The van der Waals surface area contributed by atoms with Crippen molar-refractivity contribution in [3.05, 3.63) is 36.3 Å². The molecule has 1 aliphatic heterocycles. The Labute approximate surface area is 165 Å². The molecule has 0 aromatic carbocycles. The normalized spacial score (nSPS) is 16.5. The molecule has 7 heteroatoms. The van der Waals surface area contributed by atoms with Gasteiger partial charge in [0.25, 0.3) is 0 Å². The summed E-state index contributed by atoms with van der Waals surface area (Å²) in [4.78, 5) is 14.0. The molecule has 6 nitrogen and oxygen atoms in total. The van der Waals surface area contributed by atoms with Gasteiger partial charge in [0.2, 0.25) is 5.95 Å². The first-order valence-corrected chi connectivity index (χ1v) is 9.56. The van der Waals surface area contributed by atoms with Crippen molar-refractivity contribution < 1.29 is 5.82 Å². The Morgan fingerprint density at radius 3 is 2.79 bits per heavy atom. The number of pyridine rings is 1. The standard InChI is InChI=1S/C21H25FN6.H2/c1-12(2)18-13(3)25-16-7-6-15(26-19(16)18)14-8-9-28-17(14)10-23-20(27-28)24-11-21(4,5)22;/h6-10,12,18H,11H2,1-5H3,(H,24,27);1H. The van der Waals surface area contributed by atoms with Gasteiger partial charge in [0.15, 0.2) is 0 Å². The number of hydrogen-bond acceptors (Lipinski definition) is 5. The molecular weight excluding hydrogens is 355 g/mol. The zero-order valence-electron chi connectivity index (χ0n) is 16.9. The van der Waals surface area contributed by atoms with E-state index in [4.69, 9.17) is 4.98 Å². The van der Waals surface area contributed by atoms with E-state index in [0.29, 0.717) is 11.9 Å². The molecule has 0 saturated heterocycles. The molecule has 0 aliphatic carbocycles. The van der Waals surface area contributed by atoms with Crippen molar-refractivity contribution in [2.24, 2.45) is 10.9 Å². The highest BCUT2D eigenvalue weighted by atomic mass is 19.1. The van der Waals surface area contributed by atoms with E-state index in [-0.39, 0.29) is 13.9 Å². The number of nitrogens with zero attached hydrogens (tertiary/aromatic N) is 5. The first-order valence-electron chi connectivity index (χ1n) is 9.56. The van der Waals surface area contributed by atoms with Gasteiger partial charge in [-0.1, -0.05) is 13.8 Å². The SMILES string of the molecule is CC1=Nc2ccc(-c3ccn4nc(NCC(C)(C)F)ncc34)nc2C1C(C)C.[HH]. The van der Waals surface area contributed by atoms with E-state index < -0.39 is 5.67 Å². The number of aromatic nitrogens is 4. The monoisotopic (exact) mass is 382 g/mol. The lowest BCUT2D eigenvalue weighted by Gasteiger charge is -2.16. The summed E-state index contributed by atoms with van der Waals surface area (Å²) in [6.45, 7) is 9.64. The van der Waals surface area contributed by atoms with E-state index in [1.807, 2.05) is 24.4 Å². The van der Waals surface area contributed by atoms with Gasteiger partial charge >= 0.3 is 0 Å². The van der Waals surface area contributed by atoms with Gasteiger partial charge in [0.05, 0.1) is 35.3 Å². The summed E-state index contributed by atoms with van der Waals surface area (Å²) in [7, 11) is 0. The van der Waals surface area contributed by atoms with Crippen LogP contribution < -0.4 is 5.32 Å². The average Bonchev–Trinajstić information content (AvgIpc) is 3.18. The summed E-state index contributed by atoms with van der Waals surface area (Å²) in [6, 6.07) is 6.01. The Bertz CT molecular complexity index is 1070. The molecule has 0 fully saturated rings. The molecule has 0 amide bonds. The molecule has 1 atom stereocenters. The molecule has 3 aromatic heterocycles. The largest absolute Gasteiger partial charge is 0.350 e. The van der Waals surface area contributed by atoms with Crippen LogP contribution in [-0.2, 0) is 0 Å². The minimum absolute atomic E-state index is 0. The van der Waals surface area contributed by atoms with Gasteiger partial charge in [-0.05, 0) is 44.9 Å². The third-order valence-electron chi connectivity index (χ3n) is 4.97. The fourth-order valence-electron chi connectivity index (χ4n) is 3.68. The van der Waals surface area contributed by atoms with Gasteiger partial charge in [-0.15, -0.1) is 5.10 Å². The maximum atomic E-state index is 13.7. The van der Waals surface area contributed by atoms with Crippen molar-refractivity contribution in [1.29, 1.82) is 0 Å². The van der Waals surface area contributed by atoms with Crippen LogP contribution in [0.5, 0.6) is 0 Å². The van der Waals surface area contributed by atoms with Crippen LogP contribution in [0.3, 0.4) is 0 Å². The van der Waals surface area contributed by atoms with Gasteiger partial charge in [0, 0.05) is 24.8 Å². The van der Waals surface area contributed by atoms with Crippen LogP contribution in [-0.4, -0.2) is 37.5 Å². The zero-order chi connectivity index (χ0) is 20.1. The first-order chi connectivity index (χ1) is 13.2. The van der Waals surface area contributed by atoms with Gasteiger partial charge in [0.1, 0.15) is 5.67 Å². The van der Waals surface area contributed by atoms with Gasteiger partial charge in [-0.3, -0.25) is 4.99 Å². The van der Waals surface area contributed by atoms with Crippen molar-refractivity contribution in [1.82, 2.24) is 19.6 Å². The van der Waals surface area contributed by atoms with Crippen LogP contribution in [0, 0.1) is 5.92 Å². The number of rotatable bonds is 5. The second kappa shape index (κ2) is 6.65. The summed E-state index contributed by atoms with van der Waals surface area (Å²) in [5.74, 6) is 1.08. The molecule has 28 heavy (non-hydrogen) atoms. The smallest absolute Gasteiger partial charge is 0.241 e. The molecule has 3 aromatic rings. The zero-order valence-corrected chi connectivity index (χ0v) is 16.9. The molecule has 0 bridgehead atoms. The molecule has 148 valence electrons. The Morgan fingerprint density at radius 2 is 2.07 bits per heavy atom. The number of aliphatic imine (C=N–C) groups is 1. The number of fused-ring (bicyclic) bond motifs is 2. The van der Waals surface area contributed by atoms with Crippen molar-refractivity contribution in [2.75, 3.05) is 11.9 Å². The molecule has 1 N–H and O–H groups in total. The first kappa shape index (κ1) is 18.5. The Hall–Kier alpha value is -2.83. The maximum absolute atomic E-state index is 13.7. The van der Waals surface area contributed by atoms with E-state index in [2.05, 4.69) is 41.2 Å². The second-order valence-corrected chi connectivity index (χ2v) is 8.29. The maximum Gasteiger partial charge on any atom is 0.241 e. The highest BCUT2D eigenvalue weighted by molar-refractivity contribution is 5.96. The van der Waals surface area contributed by atoms with E-state index in [0.717, 1.165) is 33.9 Å². The molecule has 0 radical (unpaired) electrons. The average molecular weight is 382 g/mol. The lowest BCUT2D eigenvalue weighted by atomic mass is 9.89. The third kappa shape index (κ3) is 3.37. The van der Waals surface area contributed by atoms with Crippen LogP contribution in [0.1, 0.15) is 47.7 Å². The topological polar surface area (TPSA) is 67.5 Å². The van der Waals surface area contributed by atoms with Crippen LogP contribution in [0.25, 0.3) is 16.8 Å². The molecule has 0 saturated carbocycles. The highest BCUT2D eigenvalue weighted by Crippen LogP contribution is 2.40. The molecule has 1 aliphatic rings. The Morgan fingerprint density at radius 1 is 1.29 bits per heavy atom. The van der Waals surface area contributed by atoms with Gasteiger partial charge < -0.3 is 5.32 Å². The molecule has 1 unspecified atom stereocenters. The lowest BCUT2D eigenvalue weighted by molar-refractivity contribution is 0.234. The summed E-state index contributed by atoms with van der Waals surface area (Å²) >= 11 is 0. The van der Waals surface area contributed by atoms with E-state index >= 15 is 0 Å². The molecule has 0 spiro atoms. The summed E-state index contributed by atoms with van der Waals surface area (Å²) in [5, 5.41) is 7.36. The Balaban J connectivity index is 0.00000240. The number of alkyl halides is 1. The van der Waals surface area contributed by atoms with Crippen molar-refractivity contribution in [3.8, 4) is 11.3 Å². The van der Waals surface area contributed by atoms with E-state index in [1.165, 1.54) is 13.8 Å². The minimum atomic E-state index is -1.33. The third-order valence-corrected chi connectivity index (χ3v) is 4.97. The number of anilines is 1. The van der Waals surface area contributed by atoms with Crippen molar-refractivity contribution in [2.45, 2.75) is 46.2 Å². The number of nitrogens with one attached hydrogen (secondary N) is 1. The van der Waals surface area contributed by atoms with E-state index in [1.54, 1.807) is 10.7 Å². The van der Waals surface area contributed by atoms with Crippen LogP contribution in [0.15, 0.2) is 35.6 Å². The molecule has 4 rings (SSSR count). The molecular formula is C21H27FN6. The highest BCUT2D eigenvalue weighted by Gasteiger charge is 2.29. The lowest BCUT2D eigenvalue weighted by Crippen LogP contribution is -2.25. The second-order valence-electron chi connectivity index (χ2n) is 8.29.